The highest BCUT2D eigenvalue weighted by molar-refractivity contribution is 6.32. The van der Waals surface area contributed by atoms with Gasteiger partial charge in [0, 0.05) is 0 Å². The van der Waals surface area contributed by atoms with Crippen LogP contribution < -0.4 is 15.0 Å². The highest BCUT2D eigenvalue weighted by Crippen LogP contribution is 2.36. The number of hydrogen-bond donors (Lipinski definition) is 2. The van der Waals surface area contributed by atoms with Gasteiger partial charge < -0.3 is 19.6 Å². The number of hydrogen-bond acceptors (Lipinski definition) is 7. The Labute approximate surface area is 140 Å². The third-order valence-corrected chi connectivity index (χ3v) is 3.25. The molecule has 0 saturated heterocycles. The maximum absolute atomic E-state index is 11.6. The molecule has 0 aliphatic rings. The fourth-order valence-electron chi connectivity index (χ4n) is 1.92. The average Bonchev–Trinajstić information content (AvgIpc) is 2.51. The Morgan fingerprint density at radius 1 is 1.33 bits per heavy atom. The highest BCUT2D eigenvalue weighted by Gasteiger charge is 2.21. The first-order valence-electron chi connectivity index (χ1n) is 6.44. The summed E-state index contributed by atoms with van der Waals surface area (Å²) in [5, 5.41) is 20.4. The molecule has 0 fully saturated rings. The van der Waals surface area contributed by atoms with Gasteiger partial charge in [0.15, 0.2) is 11.5 Å². The molecule has 1 aromatic heterocycles. The molecule has 24 heavy (non-hydrogen) atoms. The quantitative estimate of drug-likeness (QED) is 0.623. The van der Waals surface area contributed by atoms with Gasteiger partial charge in [0.05, 0.1) is 24.2 Å². The first-order chi connectivity index (χ1) is 11.4. The van der Waals surface area contributed by atoms with E-state index in [0.29, 0.717) is 22.1 Å². The molecular formula is C14H12ClN3O6. The van der Waals surface area contributed by atoms with Gasteiger partial charge >= 0.3 is 11.2 Å². The van der Waals surface area contributed by atoms with Crippen LogP contribution in [0.15, 0.2) is 16.9 Å². The summed E-state index contributed by atoms with van der Waals surface area (Å²) in [6, 6.07) is 3.22. The van der Waals surface area contributed by atoms with Crippen LogP contribution in [0.25, 0.3) is 12.2 Å². The van der Waals surface area contributed by atoms with Crippen molar-refractivity contribution in [3.8, 4) is 17.4 Å². The molecule has 0 radical (unpaired) electrons. The molecular weight excluding hydrogens is 342 g/mol. The topological polar surface area (TPSA) is 128 Å². The van der Waals surface area contributed by atoms with E-state index in [1.807, 2.05) is 0 Å². The monoisotopic (exact) mass is 353 g/mol. The number of nitrogens with one attached hydrogen (secondary N) is 1. The van der Waals surface area contributed by atoms with Crippen LogP contribution in [0.2, 0.25) is 5.02 Å². The van der Waals surface area contributed by atoms with Crippen LogP contribution in [-0.2, 0) is 0 Å². The summed E-state index contributed by atoms with van der Waals surface area (Å²) in [7, 11) is 2.91. The molecule has 9 nitrogen and oxygen atoms in total. The lowest BCUT2D eigenvalue weighted by Gasteiger charge is -2.10. The molecule has 1 heterocycles. The SMILES string of the molecule is COc1cc(C=Cc2nc(O)c([N+](=O)[O-])c(=O)[nH]2)cc(Cl)c1OC. The molecule has 126 valence electrons. The summed E-state index contributed by atoms with van der Waals surface area (Å²) < 4.78 is 10.3. The van der Waals surface area contributed by atoms with Gasteiger partial charge in [0.1, 0.15) is 5.82 Å². The zero-order chi connectivity index (χ0) is 17.9. The van der Waals surface area contributed by atoms with Crippen LogP contribution in [0.4, 0.5) is 5.69 Å². The number of aromatic hydroxyl groups is 1. The van der Waals surface area contributed by atoms with Gasteiger partial charge in [-0.15, -0.1) is 0 Å². The van der Waals surface area contributed by atoms with E-state index >= 15 is 0 Å². The Kier molecular flexibility index (Phi) is 5.05. The number of benzene rings is 1. The molecule has 0 amide bonds. The third-order valence-electron chi connectivity index (χ3n) is 2.97. The Morgan fingerprint density at radius 2 is 2.04 bits per heavy atom. The molecule has 0 aliphatic heterocycles. The number of nitrogens with zero attached hydrogens (tertiary/aromatic N) is 2. The van der Waals surface area contributed by atoms with E-state index < -0.39 is 22.0 Å². The summed E-state index contributed by atoms with van der Waals surface area (Å²) in [5.74, 6) is -0.253. The van der Waals surface area contributed by atoms with Crippen LogP contribution in [-0.4, -0.2) is 34.2 Å². The summed E-state index contributed by atoms with van der Waals surface area (Å²) in [6.07, 6.45) is 2.87. The number of methoxy groups -OCH3 is 2. The Balaban J connectivity index is 2.40. The maximum atomic E-state index is 11.6. The maximum Gasteiger partial charge on any atom is 0.395 e. The zero-order valence-electron chi connectivity index (χ0n) is 12.6. The summed E-state index contributed by atoms with van der Waals surface area (Å²) in [4.78, 5) is 26.9. The first kappa shape index (κ1) is 17.3. The second-order valence-electron chi connectivity index (χ2n) is 4.45. The van der Waals surface area contributed by atoms with Gasteiger partial charge in [-0.2, -0.15) is 4.98 Å². The summed E-state index contributed by atoms with van der Waals surface area (Å²) in [6.45, 7) is 0. The fraction of sp³-hybridized carbons (Fsp3) is 0.143. The van der Waals surface area contributed by atoms with E-state index in [1.54, 1.807) is 12.1 Å². The number of ether oxygens (including phenoxy) is 2. The fourth-order valence-corrected chi connectivity index (χ4v) is 2.22. The Morgan fingerprint density at radius 3 is 2.58 bits per heavy atom. The van der Waals surface area contributed by atoms with Crippen molar-refractivity contribution < 1.29 is 19.5 Å². The van der Waals surface area contributed by atoms with Crippen LogP contribution in [0.3, 0.4) is 0 Å². The lowest BCUT2D eigenvalue weighted by molar-refractivity contribution is -0.387. The van der Waals surface area contributed by atoms with E-state index in [9.17, 15) is 20.0 Å². The molecule has 0 unspecified atom stereocenters. The molecule has 2 aromatic rings. The van der Waals surface area contributed by atoms with Crippen molar-refractivity contribution in [1.82, 2.24) is 9.97 Å². The van der Waals surface area contributed by atoms with Gasteiger partial charge in [-0.1, -0.05) is 17.7 Å². The van der Waals surface area contributed by atoms with Crippen molar-refractivity contribution >= 4 is 29.4 Å². The number of aromatic amines is 1. The van der Waals surface area contributed by atoms with Crippen molar-refractivity contribution in [2.24, 2.45) is 0 Å². The van der Waals surface area contributed by atoms with Crippen molar-refractivity contribution in [3.63, 3.8) is 0 Å². The van der Waals surface area contributed by atoms with E-state index in [2.05, 4.69) is 9.97 Å². The molecule has 10 heteroatoms. The minimum atomic E-state index is -1.06. The van der Waals surface area contributed by atoms with Crippen molar-refractivity contribution in [2.75, 3.05) is 14.2 Å². The Bertz CT molecular complexity index is 878. The molecule has 0 atom stereocenters. The van der Waals surface area contributed by atoms with Crippen LogP contribution in [0.5, 0.6) is 17.4 Å². The van der Waals surface area contributed by atoms with Gasteiger partial charge in [0.2, 0.25) is 0 Å². The second kappa shape index (κ2) is 7.01. The number of aromatic nitrogens is 2. The van der Waals surface area contributed by atoms with Crippen LogP contribution in [0.1, 0.15) is 11.4 Å². The lowest BCUT2D eigenvalue weighted by atomic mass is 10.2. The predicted molar refractivity (Wildman–Crippen MR) is 86.7 cm³/mol. The normalized spacial score (nSPS) is 10.8. The number of H-pyrrole nitrogens is 1. The minimum Gasteiger partial charge on any atom is -0.493 e. The van der Waals surface area contributed by atoms with Gasteiger partial charge in [-0.25, -0.2) is 0 Å². The van der Waals surface area contributed by atoms with E-state index in [0.717, 1.165) is 0 Å². The highest BCUT2D eigenvalue weighted by atomic mass is 35.5. The van der Waals surface area contributed by atoms with Gasteiger partial charge in [-0.05, 0) is 23.8 Å². The van der Waals surface area contributed by atoms with Crippen molar-refractivity contribution in [1.29, 1.82) is 0 Å². The predicted octanol–water partition coefficient (Wildman–Crippen LogP) is 2.22. The number of rotatable bonds is 5. The molecule has 0 spiro atoms. The second-order valence-corrected chi connectivity index (χ2v) is 4.86. The molecule has 0 aliphatic carbocycles. The molecule has 0 bridgehead atoms. The molecule has 2 N–H and O–H groups in total. The zero-order valence-corrected chi connectivity index (χ0v) is 13.3. The van der Waals surface area contributed by atoms with E-state index in [1.165, 1.54) is 26.4 Å². The average molecular weight is 354 g/mol. The van der Waals surface area contributed by atoms with Crippen molar-refractivity contribution in [2.45, 2.75) is 0 Å². The number of halogens is 1. The smallest absolute Gasteiger partial charge is 0.395 e. The van der Waals surface area contributed by atoms with Gasteiger partial charge in [-0.3, -0.25) is 14.9 Å². The Hall–Kier alpha value is -3.07. The molecule has 1 aromatic carbocycles. The molecule has 2 rings (SSSR count). The van der Waals surface area contributed by atoms with Crippen LogP contribution in [0, 0.1) is 10.1 Å². The summed E-state index contributed by atoms with van der Waals surface area (Å²) in [5.41, 5.74) is -1.48. The first-order valence-corrected chi connectivity index (χ1v) is 6.82. The third kappa shape index (κ3) is 3.46. The summed E-state index contributed by atoms with van der Waals surface area (Å²) >= 11 is 6.07. The number of nitro groups is 1. The minimum absolute atomic E-state index is 0.0611. The largest absolute Gasteiger partial charge is 0.493 e. The van der Waals surface area contributed by atoms with Crippen molar-refractivity contribution in [3.05, 3.63) is 49.0 Å². The van der Waals surface area contributed by atoms with E-state index in [4.69, 9.17) is 21.1 Å². The van der Waals surface area contributed by atoms with Crippen LogP contribution >= 0.6 is 11.6 Å². The van der Waals surface area contributed by atoms with Gasteiger partial charge in [0.25, 0.3) is 5.88 Å². The standard InChI is InChI=1S/C14H12ClN3O6/c1-23-9-6-7(5-8(15)12(9)24-2)3-4-10-16-13(19)11(18(21)22)14(20)17-10/h3-6H,1-2H3,(H2,16,17,19,20). The lowest BCUT2D eigenvalue weighted by Crippen LogP contribution is -2.14. The molecule has 0 saturated carbocycles. The van der Waals surface area contributed by atoms with E-state index in [-0.39, 0.29) is 5.82 Å².